The summed E-state index contributed by atoms with van der Waals surface area (Å²) < 4.78 is 0.364. The maximum atomic E-state index is 9.58. The molecule has 1 aromatic rings. The topological polar surface area (TPSA) is 72.7 Å². The predicted molar refractivity (Wildman–Crippen MR) is 56.4 cm³/mol. The molecule has 0 amide bonds. The van der Waals surface area contributed by atoms with Crippen LogP contribution in [0.15, 0.2) is 16.6 Å². The summed E-state index contributed by atoms with van der Waals surface area (Å²) in [5.41, 5.74) is 0.543. The Morgan fingerprint density at radius 3 is 2.57 bits per heavy atom. The van der Waals surface area contributed by atoms with E-state index in [0.717, 1.165) is 0 Å². The number of hydrogen-bond acceptors (Lipinski definition) is 4. The van der Waals surface area contributed by atoms with Gasteiger partial charge in [-0.2, -0.15) is 0 Å². The highest BCUT2D eigenvalue weighted by molar-refractivity contribution is 9.10. The second-order valence-electron chi connectivity index (χ2n) is 2.94. The molecule has 0 aromatic heterocycles. The van der Waals surface area contributed by atoms with E-state index < -0.39 is 6.10 Å². The first kappa shape index (κ1) is 11.3. The van der Waals surface area contributed by atoms with Gasteiger partial charge in [-0.05, 0) is 40.7 Å². The first-order chi connectivity index (χ1) is 6.56. The van der Waals surface area contributed by atoms with Gasteiger partial charge in [0, 0.05) is 6.54 Å². The molecule has 14 heavy (non-hydrogen) atoms. The van der Waals surface area contributed by atoms with E-state index in [9.17, 15) is 15.3 Å². The van der Waals surface area contributed by atoms with E-state index in [1.165, 1.54) is 6.07 Å². The van der Waals surface area contributed by atoms with Crippen LogP contribution in [0.2, 0.25) is 0 Å². The van der Waals surface area contributed by atoms with Gasteiger partial charge >= 0.3 is 0 Å². The molecule has 0 radical (unpaired) electrons. The summed E-state index contributed by atoms with van der Waals surface area (Å²) in [5, 5.41) is 30.9. The van der Waals surface area contributed by atoms with E-state index in [4.69, 9.17) is 0 Å². The second kappa shape index (κ2) is 4.63. The normalized spacial score (nSPS) is 12.8. The predicted octanol–water partition coefficient (Wildman–Crippen LogP) is 1.11. The first-order valence-electron chi connectivity index (χ1n) is 4.10. The largest absolute Gasteiger partial charge is 0.504 e. The summed E-state index contributed by atoms with van der Waals surface area (Å²) in [6, 6.07) is 2.90. The van der Waals surface area contributed by atoms with Gasteiger partial charge < -0.3 is 20.6 Å². The first-order valence-corrected chi connectivity index (χ1v) is 4.89. The molecule has 1 rings (SSSR count). The van der Waals surface area contributed by atoms with Crippen molar-refractivity contribution in [1.82, 2.24) is 5.32 Å². The van der Waals surface area contributed by atoms with Crippen molar-refractivity contribution in [2.75, 3.05) is 13.6 Å². The highest BCUT2D eigenvalue weighted by Crippen LogP contribution is 2.35. The van der Waals surface area contributed by atoms with Gasteiger partial charge in [0.1, 0.15) is 0 Å². The molecule has 0 bridgehead atoms. The number of phenols is 2. The highest BCUT2D eigenvalue weighted by Gasteiger charge is 2.12. The number of hydrogen-bond donors (Lipinski definition) is 4. The molecule has 0 spiro atoms. The minimum atomic E-state index is -0.706. The van der Waals surface area contributed by atoms with Crippen LogP contribution in [0.4, 0.5) is 0 Å². The molecule has 0 aliphatic heterocycles. The number of phenolic OH excluding ortho intramolecular Hbond substituents is 2. The molecule has 0 aliphatic carbocycles. The maximum Gasteiger partial charge on any atom is 0.171 e. The third kappa shape index (κ3) is 2.37. The van der Waals surface area contributed by atoms with Gasteiger partial charge in [0.15, 0.2) is 11.5 Å². The highest BCUT2D eigenvalue weighted by atomic mass is 79.9. The average Bonchev–Trinajstić information content (AvgIpc) is 2.13. The Hall–Kier alpha value is -0.780. The molecule has 1 atom stereocenters. The number of rotatable bonds is 3. The van der Waals surface area contributed by atoms with Gasteiger partial charge in [0.05, 0.1) is 10.6 Å². The molecule has 5 heteroatoms. The zero-order valence-electron chi connectivity index (χ0n) is 7.66. The van der Waals surface area contributed by atoms with Gasteiger partial charge in [0.2, 0.25) is 0 Å². The second-order valence-corrected chi connectivity index (χ2v) is 3.80. The smallest absolute Gasteiger partial charge is 0.171 e. The Morgan fingerprint density at radius 1 is 1.43 bits per heavy atom. The lowest BCUT2D eigenvalue weighted by Gasteiger charge is -2.12. The van der Waals surface area contributed by atoms with E-state index in [-0.39, 0.29) is 11.5 Å². The molecule has 0 aliphatic rings. The van der Waals surface area contributed by atoms with Crippen molar-refractivity contribution >= 4 is 15.9 Å². The van der Waals surface area contributed by atoms with Crippen molar-refractivity contribution in [3.8, 4) is 11.5 Å². The Kier molecular flexibility index (Phi) is 3.74. The van der Waals surface area contributed by atoms with Crippen LogP contribution in [0.1, 0.15) is 11.7 Å². The Balaban J connectivity index is 3.00. The molecule has 4 nitrogen and oxygen atoms in total. The third-order valence-corrected chi connectivity index (χ3v) is 2.45. The van der Waals surface area contributed by atoms with Crippen molar-refractivity contribution in [2.45, 2.75) is 6.10 Å². The molecule has 0 saturated heterocycles. The summed E-state index contributed by atoms with van der Waals surface area (Å²) in [5.74, 6) is -0.463. The van der Waals surface area contributed by atoms with E-state index >= 15 is 0 Å². The van der Waals surface area contributed by atoms with Crippen LogP contribution in [-0.2, 0) is 0 Å². The lowest BCUT2D eigenvalue weighted by atomic mass is 10.1. The molecular formula is C9H12BrNO3. The zero-order chi connectivity index (χ0) is 10.7. The Labute approximate surface area is 90.3 Å². The fraction of sp³-hybridized carbons (Fsp3) is 0.333. The molecule has 78 valence electrons. The van der Waals surface area contributed by atoms with E-state index in [0.29, 0.717) is 16.6 Å². The number of likely N-dealkylation sites (N-methyl/N-ethyl adjacent to an activating group) is 1. The fourth-order valence-electron chi connectivity index (χ4n) is 1.11. The number of aliphatic hydroxyl groups excluding tert-OH is 1. The molecular weight excluding hydrogens is 250 g/mol. The summed E-state index contributed by atoms with van der Waals surface area (Å²) in [6.45, 7) is 0.386. The van der Waals surface area contributed by atoms with Crippen LogP contribution in [0.25, 0.3) is 0 Å². The summed E-state index contributed by atoms with van der Waals surface area (Å²) in [4.78, 5) is 0. The van der Waals surface area contributed by atoms with Crippen LogP contribution >= 0.6 is 15.9 Å². The average molecular weight is 262 g/mol. The lowest BCUT2D eigenvalue weighted by molar-refractivity contribution is 0.177. The van der Waals surface area contributed by atoms with E-state index in [1.54, 1.807) is 13.1 Å². The van der Waals surface area contributed by atoms with Crippen molar-refractivity contribution < 1.29 is 15.3 Å². The minimum Gasteiger partial charge on any atom is -0.504 e. The fourth-order valence-corrected chi connectivity index (χ4v) is 1.58. The van der Waals surface area contributed by atoms with E-state index in [2.05, 4.69) is 21.2 Å². The molecule has 0 saturated carbocycles. The quantitative estimate of drug-likeness (QED) is 0.616. The molecule has 0 heterocycles. The van der Waals surface area contributed by atoms with Gasteiger partial charge in [0.25, 0.3) is 0 Å². The van der Waals surface area contributed by atoms with E-state index in [1.807, 2.05) is 0 Å². The minimum absolute atomic E-state index is 0.217. The van der Waals surface area contributed by atoms with Gasteiger partial charge in [-0.1, -0.05) is 0 Å². The SMILES string of the molecule is CNCC(O)c1cc(O)c(O)c(Br)c1. The van der Waals surface area contributed by atoms with Crippen LogP contribution in [0.3, 0.4) is 0 Å². The summed E-state index contributed by atoms with van der Waals surface area (Å²) >= 11 is 3.07. The van der Waals surface area contributed by atoms with Crippen LogP contribution < -0.4 is 5.32 Å². The summed E-state index contributed by atoms with van der Waals surface area (Å²) in [6.07, 6.45) is -0.706. The monoisotopic (exact) mass is 261 g/mol. The van der Waals surface area contributed by atoms with Gasteiger partial charge in [-0.25, -0.2) is 0 Å². The number of aromatic hydroxyl groups is 2. The van der Waals surface area contributed by atoms with Crippen molar-refractivity contribution in [2.24, 2.45) is 0 Å². The van der Waals surface area contributed by atoms with Crippen molar-refractivity contribution in [3.05, 3.63) is 22.2 Å². The molecule has 1 unspecified atom stereocenters. The third-order valence-electron chi connectivity index (χ3n) is 1.85. The Morgan fingerprint density at radius 2 is 2.07 bits per heavy atom. The zero-order valence-corrected chi connectivity index (χ0v) is 9.24. The molecule has 0 fully saturated rings. The number of benzene rings is 1. The van der Waals surface area contributed by atoms with Gasteiger partial charge in [-0.3, -0.25) is 0 Å². The van der Waals surface area contributed by atoms with Crippen LogP contribution in [0.5, 0.6) is 11.5 Å². The molecule has 1 aromatic carbocycles. The number of aliphatic hydroxyl groups is 1. The summed E-state index contributed by atoms with van der Waals surface area (Å²) in [7, 11) is 1.72. The Bertz CT molecular complexity index is 307. The maximum absolute atomic E-state index is 9.58. The number of nitrogens with one attached hydrogen (secondary N) is 1. The van der Waals surface area contributed by atoms with Crippen molar-refractivity contribution in [3.63, 3.8) is 0 Å². The van der Waals surface area contributed by atoms with Crippen LogP contribution in [0, 0.1) is 0 Å². The van der Waals surface area contributed by atoms with Gasteiger partial charge in [-0.15, -0.1) is 0 Å². The number of halogens is 1. The molecule has 4 N–H and O–H groups in total. The van der Waals surface area contributed by atoms with Crippen molar-refractivity contribution in [1.29, 1.82) is 0 Å². The lowest BCUT2D eigenvalue weighted by Crippen LogP contribution is -2.16. The van der Waals surface area contributed by atoms with Crippen LogP contribution in [-0.4, -0.2) is 28.9 Å². The standard InChI is InChI=1S/C9H12BrNO3/c1-11-4-8(13)5-2-6(10)9(14)7(12)3-5/h2-3,8,11-14H,4H2,1H3.